The number of rotatable bonds is 23. The molecule has 0 heterocycles. The van der Waals surface area contributed by atoms with Crippen molar-refractivity contribution in [3.05, 3.63) is 77.9 Å². The summed E-state index contributed by atoms with van der Waals surface area (Å²) in [6.45, 7) is -2.38. The van der Waals surface area contributed by atoms with Crippen LogP contribution in [0.5, 0.6) is 5.75 Å². The van der Waals surface area contributed by atoms with E-state index in [2.05, 4.69) is 10.8 Å². The highest BCUT2D eigenvalue weighted by atomic mass is 16.7. The van der Waals surface area contributed by atoms with Crippen LogP contribution in [0.3, 0.4) is 0 Å². The Bertz CT molecular complexity index is 1600. The number of hydroxylamine groups is 1. The molecule has 0 bridgehead atoms. The Hall–Kier alpha value is -5.62. The lowest BCUT2D eigenvalue weighted by Crippen LogP contribution is -2.47. The Balaban J connectivity index is 1.52. The van der Waals surface area contributed by atoms with E-state index >= 15 is 0 Å². The summed E-state index contributed by atoms with van der Waals surface area (Å²) in [5.74, 6) is -5.60. The van der Waals surface area contributed by atoms with E-state index in [0.717, 1.165) is 26.1 Å². The number of amides is 2. The Morgan fingerprint density at radius 1 is 0.627 bits per heavy atom. The van der Waals surface area contributed by atoms with Crippen LogP contribution in [0.4, 0.5) is 0 Å². The van der Waals surface area contributed by atoms with Gasteiger partial charge in [-0.15, -0.1) is 0 Å². The number of nitrogens with one attached hydrogen (secondary N) is 2. The molecule has 1 atom stereocenters. The lowest BCUT2D eigenvalue weighted by atomic mass is 10.0. The highest BCUT2D eigenvalue weighted by Gasteiger charge is 2.20. The zero-order chi connectivity index (χ0) is 37.3. The third kappa shape index (κ3) is 15.2. The van der Waals surface area contributed by atoms with Gasteiger partial charge < -0.3 is 36.3 Å². The predicted molar refractivity (Wildman–Crippen MR) is 183 cm³/mol. The lowest BCUT2D eigenvalue weighted by Gasteiger charge is -2.28. The molecule has 0 saturated carbocycles. The molecule has 1 unspecified atom stereocenters. The van der Waals surface area contributed by atoms with Crippen LogP contribution in [-0.4, -0.2) is 136 Å². The SMILES string of the molecule is NC(Cc1ccc2ccccc2c1)C(=O)NOc1ccc(CNC(=O)CN(CCN(CC(=O)O)CC(=O)O)CCN(CC(=O)O)CC(=O)O)cc1. The van der Waals surface area contributed by atoms with Crippen LogP contribution >= 0.6 is 0 Å². The first kappa shape index (κ1) is 39.8. The molecule has 0 fully saturated rings. The fourth-order valence-corrected chi connectivity index (χ4v) is 5.06. The Labute approximate surface area is 293 Å². The third-order valence-corrected chi connectivity index (χ3v) is 7.56. The van der Waals surface area contributed by atoms with Crippen LogP contribution in [0.2, 0.25) is 0 Å². The summed E-state index contributed by atoms with van der Waals surface area (Å²) in [7, 11) is 0. The number of hydrogen-bond acceptors (Lipinski definition) is 11. The summed E-state index contributed by atoms with van der Waals surface area (Å²) in [5.41, 5.74) is 10.0. The van der Waals surface area contributed by atoms with Gasteiger partial charge in [0, 0.05) is 32.7 Å². The summed E-state index contributed by atoms with van der Waals surface area (Å²) < 4.78 is 0. The van der Waals surface area contributed by atoms with Crippen LogP contribution in [0.15, 0.2) is 66.7 Å². The van der Waals surface area contributed by atoms with Crippen molar-refractivity contribution in [1.82, 2.24) is 25.5 Å². The molecule has 3 aromatic carbocycles. The molecular formula is C34H42N6O11. The number of carbonyl (C=O) groups excluding carboxylic acids is 2. The van der Waals surface area contributed by atoms with Crippen LogP contribution in [0.25, 0.3) is 10.8 Å². The van der Waals surface area contributed by atoms with Crippen LogP contribution in [0.1, 0.15) is 11.1 Å². The lowest BCUT2D eigenvalue weighted by molar-refractivity contribution is -0.143. The zero-order valence-corrected chi connectivity index (χ0v) is 27.8. The number of carbonyl (C=O) groups is 6. The third-order valence-electron chi connectivity index (χ3n) is 7.56. The molecule has 0 radical (unpaired) electrons. The second-order valence-corrected chi connectivity index (χ2v) is 11.8. The van der Waals surface area contributed by atoms with Gasteiger partial charge in [-0.1, -0.05) is 54.6 Å². The summed E-state index contributed by atoms with van der Waals surface area (Å²) in [6, 6.07) is 19.4. The Kier molecular flexibility index (Phi) is 15.7. The van der Waals surface area contributed by atoms with Crippen LogP contribution in [-0.2, 0) is 41.7 Å². The maximum absolute atomic E-state index is 12.9. The van der Waals surface area contributed by atoms with Gasteiger partial charge >= 0.3 is 23.9 Å². The van der Waals surface area contributed by atoms with Gasteiger partial charge in [0.2, 0.25) is 5.91 Å². The topological polar surface area (TPSA) is 252 Å². The minimum absolute atomic E-state index is 0.0334. The average molecular weight is 711 g/mol. The number of hydrogen-bond donors (Lipinski definition) is 7. The Morgan fingerprint density at radius 3 is 1.65 bits per heavy atom. The largest absolute Gasteiger partial charge is 0.480 e. The monoisotopic (exact) mass is 710 g/mol. The molecule has 0 aliphatic carbocycles. The van der Waals surface area contributed by atoms with Gasteiger partial charge in [0.05, 0.1) is 38.8 Å². The molecule has 3 aromatic rings. The van der Waals surface area contributed by atoms with E-state index < -0.39 is 67.9 Å². The van der Waals surface area contributed by atoms with Crippen molar-refractivity contribution in [2.75, 3.05) is 58.9 Å². The van der Waals surface area contributed by atoms with Crippen molar-refractivity contribution >= 4 is 46.5 Å². The van der Waals surface area contributed by atoms with Crippen molar-refractivity contribution in [2.24, 2.45) is 5.73 Å². The molecule has 0 aliphatic heterocycles. The number of nitrogens with zero attached hydrogens (tertiary/aromatic N) is 3. The minimum Gasteiger partial charge on any atom is -0.480 e. The van der Waals surface area contributed by atoms with E-state index in [4.69, 9.17) is 31.0 Å². The van der Waals surface area contributed by atoms with Crippen molar-refractivity contribution < 1.29 is 54.0 Å². The average Bonchev–Trinajstić information content (AvgIpc) is 3.06. The summed E-state index contributed by atoms with van der Waals surface area (Å²) >= 11 is 0. The molecule has 0 saturated heterocycles. The second-order valence-electron chi connectivity index (χ2n) is 11.8. The molecular weight excluding hydrogens is 668 g/mol. The van der Waals surface area contributed by atoms with Crippen molar-refractivity contribution in [3.63, 3.8) is 0 Å². The van der Waals surface area contributed by atoms with Gasteiger partial charge in [-0.2, -0.15) is 5.48 Å². The van der Waals surface area contributed by atoms with Crippen molar-refractivity contribution in [2.45, 2.75) is 19.0 Å². The van der Waals surface area contributed by atoms with E-state index in [1.54, 1.807) is 29.2 Å². The predicted octanol–water partition coefficient (Wildman–Crippen LogP) is -0.320. The van der Waals surface area contributed by atoms with Crippen molar-refractivity contribution in [1.29, 1.82) is 0 Å². The molecule has 17 nitrogen and oxygen atoms in total. The number of carboxylic acids is 4. The number of fused-ring (bicyclic) bond motifs is 1. The maximum atomic E-state index is 12.9. The number of carboxylic acid groups (broad SMARTS) is 4. The fourth-order valence-electron chi connectivity index (χ4n) is 5.06. The molecule has 3 rings (SSSR count). The normalized spacial score (nSPS) is 11.8. The highest BCUT2D eigenvalue weighted by Crippen LogP contribution is 2.17. The van der Waals surface area contributed by atoms with Gasteiger partial charge in [0.15, 0.2) is 5.75 Å². The van der Waals surface area contributed by atoms with E-state index in [1.165, 1.54) is 0 Å². The van der Waals surface area contributed by atoms with Crippen molar-refractivity contribution in [3.8, 4) is 5.75 Å². The number of nitrogens with two attached hydrogens (primary N) is 1. The van der Waals surface area contributed by atoms with Gasteiger partial charge in [-0.25, -0.2) is 0 Å². The van der Waals surface area contributed by atoms with Gasteiger partial charge in [-0.05, 0) is 40.5 Å². The summed E-state index contributed by atoms with van der Waals surface area (Å²) in [5, 5.41) is 41.4. The van der Waals surface area contributed by atoms with Gasteiger partial charge in [0.1, 0.15) is 0 Å². The van der Waals surface area contributed by atoms with E-state index in [1.807, 2.05) is 42.5 Å². The molecule has 274 valence electrons. The van der Waals surface area contributed by atoms with E-state index in [9.17, 15) is 28.8 Å². The molecule has 0 aromatic heterocycles. The maximum Gasteiger partial charge on any atom is 0.317 e. The van der Waals surface area contributed by atoms with E-state index in [0.29, 0.717) is 17.7 Å². The quantitative estimate of drug-likeness (QED) is 0.0623. The number of benzene rings is 3. The first-order chi connectivity index (χ1) is 24.3. The highest BCUT2D eigenvalue weighted by molar-refractivity contribution is 5.84. The summed E-state index contributed by atoms with van der Waals surface area (Å²) in [6.07, 6.45) is 0.307. The molecule has 51 heavy (non-hydrogen) atoms. The smallest absolute Gasteiger partial charge is 0.317 e. The zero-order valence-electron chi connectivity index (χ0n) is 27.8. The molecule has 2 amide bonds. The summed E-state index contributed by atoms with van der Waals surface area (Å²) in [4.78, 5) is 79.5. The van der Waals surface area contributed by atoms with Crippen LogP contribution < -0.4 is 21.4 Å². The van der Waals surface area contributed by atoms with Gasteiger partial charge in [-0.3, -0.25) is 43.5 Å². The molecule has 0 spiro atoms. The first-order valence-electron chi connectivity index (χ1n) is 15.9. The first-order valence-corrected chi connectivity index (χ1v) is 15.9. The van der Waals surface area contributed by atoms with Crippen LogP contribution in [0, 0.1) is 0 Å². The minimum atomic E-state index is -1.24. The van der Waals surface area contributed by atoms with E-state index in [-0.39, 0.29) is 39.3 Å². The Morgan fingerprint density at radius 2 is 1.12 bits per heavy atom. The molecule has 0 aliphatic rings. The standard InChI is InChI=1S/C34H42N6O11/c35-28(16-24-5-8-25-3-1-2-4-26(25)15-24)34(50)37-51-27-9-6-23(7-10-27)17-36-29(41)18-38(11-13-39(19-30(42)43)20-31(44)45)12-14-40(21-32(46)47)22-33(48)49/h1-10,15,28H,11-14,16-22,35H2,(H,36,41)(H,37,50)(H,42,43)(H,44,45)(H,46,47)(H,48,49). The van der Waals surface area contributed by atoms with Gasteiger partial charge in [0.25, 0.3) is 5.91 Å². The number of aliphatic carboxylic acids is 4. The fraction of sp³-hybridized carbons (Fsp3) is 0.353. The second kappa shape index (κ2) is 20.1. The molecule has 8 N–H and O–H groups in total. The molecule has 17 heteroatoms.